The summed E-state index contributed by atoms with van der Waals surface area (Å²) in [5.41, 5.74) is 1.93. The predicted molar refractivity (Wildman–Crippen MR) is 108 cm³/mol. The van der Waals surface area contributed by atoms with Crippen LogP contribution in [0.5, 0.6) is 5.75 Å². The van der Waals surface area contributed by atoms with Crippen molar-refractivity contribution in [2.45, 2.75) is 24.5 Å². The molecule has 0 aromatic heterocycles. The molecule has 3 aliphatic carbocycles. The Morgan fingerprint density at radius 1 is 1.12 bits per heavy atom. The maximum Gasteiger partial charge on any atom is 0.335 e. The van der Waals surface area contributed by atoms with Gasteiger partial charge in [0, 0.05) is 5.92 Å². The molecule has 1 aromatic rings. The molecule has 5 N–H and O–H groups in total. The molecule has 174 valence electrons. The molecule has 33 heavy (non-hydrogen) atoms. The van der Waals surface area contributed by atoms with Crippen molar-refractivity contribution in [1.29, 1.82) is 0 Å². The summed E-state index contributed by atoms with van der Waals surface area (Å²) >= 11 is 0. The minimum Gasteiger partial charge on any atom is -0.507 e. The molecule has 0 heterocycles. The van der Waals surface area contributed by atoms with Crippen molar-refractivity contribution in [3.63, 3.8) is 0 Å². The number of phenolic OH excluding ortho intramolecular Hbond substituents is 1. The fraction of sp³-hybridized carbons (Fsp3) is 0.455. The van der Waals surface area contributed by atoms with Gasteiger partial charge < -0.3 is 21.1 Å². The number of fused-ring (bicyclic) bond motifs is 3. The number of hydrogen-bond acceptors (Lipinski definition) is 9. The maximum atomic E-state index is 13.5. The summed E-state index contributed by atoms with van der Waals surface area (Å²) in [5.74, 6) is -13.1. The number of aliphatic hydroxyl groups is 1. The largest absolute Gasteiger partial charge is 0.507 e. The van der Waals surface area contributed by atoms with Crippen molar-refractivity contribution in [3.05, 3.63) is 28.8 Å². The van der Waals surface area contributed by atoms with Crippen LogP contribution in [-0.2, 0) is 25.6 Å². The lowest BCUT2D eigenvalue weighted by Gasteiger charge is -2.52. The first-order valence-electron chi connectivity index (χ1n) is 10.3. The van der Waals surface area contributed by atoms with E-state index in [9.17, 15) is 44.1 Å². The number of nitrogens with zero attached hydrogens (tertiary/aromatic N) is 1. The van der Waals surface area contributed by atoms with E-state index in [1.54, 1.807) is 0 Å². The van der Waals surface area contributed by atoms with Crippen molar-refractivity contribution >= 4 is 35.0 Å². The molecule has 1 aromatic carbocycles. The number of carboxylic acid groups (broad SMARTS) is 1. The molecule has 6 unspecified atom stereocenters. The Labute approximate surface area is 187 Å². The van der Waals surface area contributed by atoms with Gasteiger partial charge in [-0.3, -0.25) is 28.9 Å². The Balaban J connectivity index is 1.90. The lowest BCUT2D eigenvalue weighted by Crippen LogP contribution is -2.74. The zero-order chi connectivity index (χ0) is 24.6. The number of hydrogen-bond donors (Lipinski definition) is 4. The van der Waals surface area contributed by atoms with E-state index in [4.69, 9.17) is 5.73 Å². The van der Waals surface area contributed by atoms with Crippen molar-refractivity contribution in [2.24, 2.45) is 29.4 Å². The van der Waals surface area contributed by atoms with Crippen molar-refractivity contribution in [3.8, 4) is 5.75 Å². The van der Waals surface area contributed by atoms with Gasteiger partial charge >= 0.3 is 5.97 Å². The summed E-state index contributed by atoms with van der Waals surface area (Å²) in [4.78, 5) is 77.9. The van der Waals surface area contributed by atoms with Crippen LogP contribution < -0.4 is 5.73 Å². The zero-order valence-corrected chi connectivity index (χ0v) is 17.8. The number of rotatable bonds is 3. The molecule has 0 radical (unpaired) electrons. The van der Waals surface area contributed by atoms with E-state index in [2.05, 4.69) is 0 Å². The van der Waals surface area contributed by atoms with Crippen molar-refractivity contribution in [1.82, 2.24) is 4.90 Å². The van der Waals surface area contributed by atoms with Crippen LogP contribution in [-0.4, -0.2) is 81.0 Å². The van der Waals surface area contributed by atoms with Crippen molar-refractivity contribution < 1.29 is 44.1 Å². The minimum absolute atomic E-state index is 0.0527. The first-order valence-corrected chi connectivity index (χ1v) is 10.3. The van der Waals surface area contributed by atoms with E-state index in [0.29, 0.717) is 0 Å². The molecular weight excluding hydrogens is 436 g/mol. The summed E-state index contributed by atoms with van der Waals surface area (Å²) in [6.45, 7) is 0. The van der Waals surface area contributed by atoms with E-state index in [1.807, 2.05) is 0 Å². The number of carboxylic acids is 1. The van der Waals surface area contributed by atoms with Crippen LogP contribution in [0.3, 0.4) is 0 Å². The quantitative estimate of drug-likeness (QED) is 0.390. The Kier molecular flexibility index (Phi) is 5.02. The van der Waals surface area contributed by atoms with E-state index in [-0.39, 0.29) is 29.5 Å². The lowest BCUT2D eigenvalue weighted by atomic mass is 9.52. The highest BCUT2D eigenvalue weighted by molar-refractivity contribution is 6.32. The molecule has 2 fully saturated rings. The molecule has 0 saturated heterocycles. The minimum atomic E-state index is -2.81. The molecule has 0 bridgehead atoms. The molecule has 11 nitrogen and oxygen atoms in total. The highest BCUT2D eigenvalue weighted by atomic mass is 16.4. The van der Waals surface area contributed by atoms with Gasteiger partial charge in [-0.2, -0.15) is 0 Å². The molecule has 0 spiro atoms. The van der Waals surface area contributed by atoms with E-state index in [1.165, 1.54) is 19.0 Å². The number of aromatic hydroxyl groups is 1. The number of aromatic carboxylic acids is 1. The Morgan fingerprint density at radius 3 is 2.30 bits per heavy atom. The van der Waals surface area contributed by atoms with E-state index >= 15 is 0 Å². The third-order valence-corrected chi connectivity index (χ3v) is 7.18. The van der Waals surface area contributed by atoms with Gasteiger partial charge in [-0.15, -0.1) is 0 Å². The second kappa shape index (κ2) is 7.29. The fourth-order valence-electron chi connectivity index (χ4n) is 5.81. The van der Waals surface area contributed by atoms with Gasteiger partial charge in [0.2, 0.25) is 5.91 Å². The summed E-state index contributed by atoms with van der Waals surface area (Å²) in [7, 11) is 2.96. The van der Waals surface area contributed by atoms with Gasteiger partial charge in [-0.1, -0.05) is 0 Å². The number of carbonyl (C=O) groups is 6. The Morgan fingerprint density at radius 2 is 1.76 bits per heavy atom. The monoisotopic (exact) mass is 458 g/mol. The highest BCUT2D eigenvalue weighted by Crippen LogP contribution is 2.50. The second-order valence-electron chi connectivity index (χ2n) is 9.08. The third kappa shape index (κ3) is 2.89. The van der Waals surface area contributed by atoms with Crippen LogP contribution in [0.2, 0.25) is 0 Å². The molecule has 3 aliphatic rings. The van der Waals surface area contributed by atoms with Gasteiger partial charge in [-0.25, -0.2) is 4.79 Å². The van der Waals surface area contributed by atoms with Gasteiger partial charge in [-0.05, 0) is 50.6 Å². The average molecular weight is 458 g/mol. The summed E-state index contributed by atoms with van der Waals surface area (Å²) < 4.78 is 0. The zero-order valence-electron chi connectivity index (χ0n) is 17.8. The number of benzene rings is 1. The number of ketones is 4. The fourth-order valence-corrected chi connectivity index (χ4v) is 5.81. The smallest absolute Gasteiger partial charge is 0.335 e. The average Bonchev–Trinajstić information content (AvgIpc) is 2.70. The molecule has 1 amide bonds. The van der Waals surface area contributed by atoms with Gasteiger partial charge in [0.05, 0.1) is 23.1 Å². The number of likely N-dealkylation sites (N-methyl/N-ethyl adjacent to an activating group) is 1. The first-order chi connectivity index (χ1) is 15.3. The summed E-state index contributed by atoms with van der Waals surface area (Å²) in [5, 5.41) is 31.2. The van der Waals surface area contributed by atoms with Crippen LogP contribution in [0.25, 0.3) is 0 Å². The van der Waals surface area contributed by atoms with Crippen LogP contribution in [0.4, 0.5) is 0 Å². The lowest BCUT2D eigenvalue weighted by molar-refractivity contribution is -0.181. The highest BCUT2D eigenvalue weighted by Gasteiger charge is 2.69. The predicted octanol–water partition coefficient (Wildman–Crippen LogP) is -1.43. The Hall–Kier alpha value is -3.44. The molecule has 0 aliphatic heterocycles. The second-order valence-corrected chi connectivity index (χ2v) is 9.08. The van der Waals surface area contributed by atoms with Gasteiger partial charge in [0.15, 0.2) is 34.7 Å². The molecule has 11 heteroatoms. The maximum absolute atomic E-state index is 13.5. The standard InChI is InChI=1S/C22H22N2O9/c1-24(2)15-10-6-7-5-9-8(21(31)32)3-4-11(25)13(9)16(26)12(7)18(28)22(10,33)19(29)14(17(15)27)20(23)30/h3-4,7,10,12,14-15,25,33H,5-6H2,1-2H3,(H2,23,30)(H,31,32). The Bertz CT molecular complexity index is 1160. The SMILES string of the molecule is CN(C)C1C(=O)C(C(N)=O)C(=O)C2(O)C(=O)C3C(=O)c4c(O)ccc(C(=O)O)c4CC3CC12. The van der Waals surface area contributed by atoms with Crippen LogP contribution in [0, 0.1) is 23.7 Å². The van der Waals surface area contributed by atoms with Crippen LogP contribution in [0.1, 0.15) is 32.7 Å². The number of amides is 1. The van der Waals surface area contributed by atoms with E-state index < -0.39 is 76.1 Å². The molecule has 6 atom stereocenters. The number of Topliss-reactive ketones (excluding diaryl/α,β-unsaturated/α-hetero) is 4. The number of phenols is 1. The van der Waals surface area contributed by atoms with Gasteiger partial charge in [0.25, 0.3) is 0 Å². The normalized spacial score (nSPS) is 33.4. The van der Waals surface area contributed by atoms with E-state index in [0.717, 1.165) is 12.1 Å². The number of nitrogens with two attached hydrogens (primary N) is 1. The number of primary amides is 1. The summed E-state index contributed by atoms with van der Waals surface area (Å²) in [6, 6.07) is 0.967. The van der Waals surface area contributed by atoms with Crippen LogP contribution in [0.15, 0.2) is 12.1 Å². The molecule has 4 rings (SSSR count). The van der Waals surface area contributed by atoms with Gasteiger partial charge in [0.1, 0.15) is 5.75 Å². The molecular formula is C22H22N2O9. The van der Waals surface area contributed by atoms with Crippen LogP contribution >= 0.6 is 0 Å². The first kappa shape index (κ1) is 22.7. The topological polar surface area (TPSA) is 192 Å². The number of carbonyl (C=O) groups excluding carboxylic acids is 5. The van der Waals surface area contributed by atoms with Crippen molar-refractivity contribution in [2.75, 3.05) is 14.1 Å². The molecule has 2 saturated carbocycles. The summed E-state index contributed by atoms with van der Waals surface area (Å²) in [6.07, 6.45) is -0.236. The third-order valence-electron chi connectivity index (χ3n) is 7.18.